The van der Waals surface area contributed by atoms with Crippen LogP contribution in [0.1, 0.15) is 37.4 Å². The molecule has 2 N–H and O–H groups in total. The van der Waals surface area contributed by atoms with E-state index in [9.17, 15) is 0 Å². The van der Waals surface area contributed by atoms with Crippen LogP contribution in [-0.4, -0.2) is 22.7 Å². The first-order valence-corrected chi connectivity index (χ1v) is 6.21. The third-order valence-corrected chi connectivity index (χ3v) is 3.94. The molecular formula is C11H20N2OS. The van der Waals surface area contributed by atoms with Gasteiger partial charge in [0.2, 0.25) is 0 Å². The highest BCUT2D eigenvalue weighted by Crippen LogP contribution is 2.22. The Hall–Kier alpha value is -0.450. The number of hydrogen-bond donors (Lipinski definition) is 2. The Kier molecular flexibility index (Phi) is 4.70. The molecule has 4 heteroatoms. The fourth-order valence-corrected chi connectivity index (χ4v) is 2.34. The van der Waals surface area contributed by atoms with Gasteiger partial charge in [-0.2, -0.15) is 0 Å². The molecule has 0 amide bonds. The minimum Gasteiger partial charge on any atom is -0.396 e. The molecule has 0 fully saturated rings. The van der Waals surface area contributed by atoms with Gasteiger partial charge in [0.1, 0.15) is 0 Å². The lowest BCUT2D eigenvalue weighted by Gasteiger charge is -2.23. The average Bonchev–Trinajstić information content (AvgIpc) is 2.63. The predicted octanol–water partition coefficient (Wildman–Crippen LogP) is 2.12. The van der Waals surface area contributed by atoms with Crippen molar-refractivity contribution in [1.82, 2.24) is 10.3 Å². The van der Waals surface area contributed by atoms with Crippen LogP contribution in [-0.2, 0) is 0 Å². The summed E-state index contributed by atoms with van der Waals surface area (Å²) in [6, 6.07) is 0.619. The number of nitrogens with one attached hydrogen (secondary N) is 1. The summed E-state index contributed by atoms with van der Waals surface area (Å²) in [5.74, 6) is 0.278. The van der Waals surface area contributed by atoms with Crippen molar-refractivity contribution in [3.8, 4) is 0 Å². The summed E-state index contributed by atoms with van der Waals surface area (Å²) in [7, 11) is 0. The van der Waals surface area contributed by atoms with Crippen molar-refractivity contribution >= 4 is 11.3 Å². The van der Waals surface area contributed by atoms with E-state index in [1.54, 1.807) is 11.3 Å². The third-order valence-electron chi connectivity index (χ3n) is 2.83. The lowest BCUT2D eigenvalue weighted by Crippen LogP contribution is -2.35. The highest BCUT2D eigenvalue weighted by atomic mass is 32.1. The first-order valence-electron chi connectivity index (χ1n) is 5.33. The zero-order valence-corrected chi connectivity index (χ0v) is 10.6. The van der Waals surface area contributed by atoms with E-state index < -0.39 is 0 Å². The van der Waals surface area contributed by atoms with Crippen molar-refractivity contribution in [2.75, 3.05) is 6.61 Å². The van der Waals surface area contributed by atoms with Crippen molar-refractivity contribution in [2.45, 2.75) is 39.8 Å². The number of aliphatic hydroxyl groups is 1. The number of aromatic nitrogens is 1. The molecule has 0 bridgehead atoms. The van der Waals surface area contributed by atoms with Crippen LogP contribution in [0.5, 0.6) is 0 Å². The van der Waals surface area contributed by atoms with Gasteiger partial charge in [0.05, 0.1) is 11.2 Å². The number of rotatable bonds is 5. The standard InChI is InChI=1S/C11H20N2OS/c1-7(5-14)8(2)13-10(4)11-9(3)12-6-15-11/h6-8,10,13-14H,5H2,1-4H3. The summed E-state index contributed by atoms with van der Waals surface area (Å²) in [5.41, 5.74) is 2.98. The SMILES string of the molecule is Cc1ncsc1C(C)NC(C)C(C)CO. The van der Waals surface area contributed by atoms with Gasteiger partial charge in [0.25, 0.3) is 0 Å². The van der Waals surface area contributed by atoms with E-state index in [0.29, 0.717) is 12.1 Å². The van der Waals surface area contributed by atoms with Crippen LogP contribution < -0.4 is 5.32 Å². The minimum atomic E-state index is 0.225. The molecule has 3 nitrogen and oxygen atoms in total. The molecule has 0 saturated carbocycles. The van der Waals surface area contributed by atoms with Crippen LogP contribution in [0.3, 0.4) is 0 Å². The maximum absolute atomic E-state index is 9.05. The molecule has 1 heterocycles. The second-order valence-electron chi connectivity index (χ2n) is 4.14. The number of thiazole rings is 1. The monoisotopic (exact) mass is 228 g/mol. The van der Waals surface area contributed by atoms with Gasteiger partial charge in [0, 0.05) is 23.6 Å². The number of aryl methyl sites for hydroxylation is 1. The zero-order valence-electron chi connectivity index (χ0n) is 9.82. The van der Waals surface area contributed by atoms with Crippen molar-refractivity contribution in [1.29, 1.82) is 0 Å². The fraction of sp³-hybridized carbons (Fsp3) is 0.727. The van der Waals surface area contributed by atoms with Crippen LogP contribution in [0.4, 0.5) is 0 Å². The predicted molar refractivity (Wildman–Crippen MR) is 64.1 cm³/mol. The van der Waals surface area contributed by atoms with Crippen molar-refractivity contribution in [3.63, 3.8) is 0 Å². The molecule has 0 aliphatic heterocycles. The maximum atomic E-state index is 9.05. The Labute approximate surface area is 95.6 Å². The molecular weight excluding hydrogens is 208 g/mol. The summed E-state index contributed by atoms with van der Waals surface area (Å²) >= 11 is 1.68. The van der Waals surface area contributed by atoms with Crippen LogP contribution in [0, 0.1) is 12.8 Å². The lowest BCUT2D eigenvalue weighted by atomic mass is 10.0. The molecule has 0 radical (unpaired) electrons. The second kappa shape index (κ2) is 5.58. The Morgan fingerprint density at radius 3 is 2.60 bits per heavy atom. The molecule has 0 aliphatic rings. The van der Waals surface area contributed by atoms with Crippen LogP contribution >= 0.6 is 11.3 Å². The Balaban J connectivity index is 2.56. The summed E-state index contributed by atoms with van der Waals surface area (Å²) in [6.45, 7) is 8.55. The van der Waals surface area contributed by atoms with E-state index in [2.05, 4.69) is 24.1 Å². The molecule has 1 rings (SSSR count). The van der Waals surface area contributed by atoms with Crippen molar-refractivity contribution in [2.24, 2.45) is 5.92 Å². The topological polar surface area (TPSA) is 45.2 Å². The fourth-order valence-electron chi connectivity index (χ4n) is 1.52. The minimum absolute atomic E-state index is 0.225. The number of aliphatic hydroxyl groups excluding tert-OH is 1. The third kappa shape index (κ3) is 3.26. The van der Waals surface area contributed by atoms with Gasteiger partial charge in [-0.05, 0) is 26.7 Å². The van der Waals surface area contributed by atoms with E-state index in [4.69, 9.17) is 5.11 Å². The normalized spacial score (nSPS) is 17.4. The second-order valence-corrected chi connectivity index (χ2v) is 5.03. The van der Waals surface area contributed by atoms with Gasteiger partial charge < -0.3 is 10.4 Å². The summed E-state index contributed by atoms with van der Waals surface area (Å²) in [5, 5.41) is 12.5. The first-order chi connectivity index (χ1) is 7.06. The summed E-state index contributed by atoms with van der Waals surface area (Å²) < 4.78 is 0. The largest absolute Gasteiger partial charge is 0.396 e. The van der Waals surface area contributed by atoms with Gasteiger partial charge in [-0.25, -0.2) is 4.98 Å². The zero-order chi connectivity index (χ0) is 11.4. The van der Waals surface area contributed by atoms with Gasteiger partial charge in [-0.1, -0.05) is 6.92 Å². The van der Waals surface area contributed by atoms with Crippen molar-refractivity contribution < 1.29 is 5.11 Å². The highest BCUT2D eigenvalue weighted by molar-refractivity contribution is 7.09. The molecule has 0 saturated heterocycles. The van der Waals surface area contributed by atoms with E-state index in [-0.39, 0.29) is 12.5 Å². The Morgan fingerprint density at radius 1 is 1.47 bits per heavy atom. The van der Waals surface area contributed by atoms with Gasteiger partial charge >= 0.3 is 0 Å². The number of nitrogens with zero attached hydrogens (tertiary/aromatic N) is 1. The molecule has 1 aromatic heterocycles. The molecule has 86 valence electrons. The van der Waals surface area contributed by atoms with E-state index in [1.165, 1.54) is 4.88 Å². The summed E-state index contributed by atoms with van der Waals surface area (Å²) in [6.07, 6.45) is 0. The molecule has 3 atom stereocenters. The smallest absolute Gasteiger partial charge is 0.0798 e. The molecule has 3 unspecified atom stereocenters. The maximum Gasteiger partial charge on any atom is 0.0798 e. The first kappa shape index (κ1) is 12.6. The average molecular weight is 228 g/mol. The highest BCUT2D eigenvalue weighted by Gasteiger charge is 2.16. The van der Waals surface area contributed by atoms with E-state index >= 15 is 0 Å². The molecule has 15 heavy (non-hydrogen) atoms. The van der Waals surface area contributed by atoms with E-state index in [1.807, 2.05) is 19.4 Å². The Bertz CT molecular complexity index is 301. The van der Waals surface area contributed by atoms with Crippen LogP contribution in [0.25, 0.3) is 0 Å². The molecule has 0 spiro atoms. The number of hydrogen-bond acceptors (Lipinski definition) is 4. The summed E-state index contributed by atoms with van der Waals surface area (Å²) in [4.78, 5) is 5.52. The van der Waals surface area contributed by atoms with Gasteiger partial charge in [-0.3, -0.25) is 0 Å². The molecule has 0 aromatic carbocycles. The van der Waals surface area contributed by atoms with Gasteiger partial charge in [-0.15, -0.1) is 11.3 Å². The molecule has 1 aromatic rings. The van der Waals surface area contributed by atoms with Crippen LogP contribution in [0.2, 0.25) is 0 Å². The lowest BCUT2D eigenvalue weighted by molar-refractivity contribution is 0.202. The van der Waals surface area contributed by atoms with Crippen molar-refractivity contribution in [3.05, 3.63) is 16.1 Å². The molecule has 0 aliphatic carbocycles. The quantitative estimate of drug-likeness (QED) is 0.811. The van der Waals surface area contributed by atoms with E-state index in [0.717, 1.165) is 5.69 Å². The van der Waals surface area contributed by atoms with Gasteiger partial charge in [0.15, 0.2) is 0 Å². The van der Waals surface area contributed by atoms with Crippen LogP contribution in [0.15, 0.2) is 5.51 Å². The Morgan fingerprint density at radius 2 is 2.13 bits per heavy atom.